The number of sulfone groups is 1. The third-order valence-electron chi connectivity index (χ3n) is 5.76. The summed E-state index contributed by atoms with van der Waals surface area (Å²) in [5.74, 6) is -2.52. The molecule has 0 bridgehead atoms. The van der Waals surface area contributed by atoms with E-state index in [2.05, 4.69) is 19.9 Å². The summed E-state index contributed by atoms with van der Waals surface area (Å²) in [5, 5.41) is -0.0960. The summed E-state index contributed by atoms with van der Waals surface area (Å²) in [6.45, 7) is 0. The molecule has 1 aliphatic heterocycles. The van der Waals surface area contributed by atoms with Crippen LogP contribution in [0.3, 0.4) is 0 Å². The summed E-state index contributed by atoms with van der Waals surface area (Å²) < 4.78 is 56.4. The first-order valence-electron chi connectivity index (χ1n) is 10.7. The zero-order chi connectivity index (χ0) is 25.4. The van der Waals surface area contributed by atoms with Crippen LogP contribution in [0.2, 0.25) is 10.0 Å². The van der Waals surface area contributed by atoms with Crippen LogP contribution in [0.1, 0.15) is 22.5 Å². The lowest BCUT2D eigenvalue weighted by Crippen LogP contribution is -2.10. The number of hydrogen-bond acceptors (Lipinski definition) is 6. The van der Waals surface area contributed by atoms with Gasteiger partial charge in [0, 0.05) is 41.9 Å². The molecule has 0 saturated heterocycles. The van der Waals surface area contributed by atoms with Gasteiger partial charge in [-0.15, -0.1) is 0 Å². The van der Waals surface area contributed by atoms with Crippen molar-refractivity contribution in [1.29, 1.82) is 0 Å². The molecule has 2 aromatic carbocycles. The van der Waals surface area contributed by atoms with Crippen molar-refractivity contribution in [3.63, 3.8) is 0 Å². The molecule has 2 aromatic heterocycles. The standard InChI is InChI=1S/C25H16Cl2F2N4O2S/c26-17-4-1-5-21(22(17)27)36(34,35)12-14-6-7-18(28)16(23(14)29)11-20-15(3-2-9-30-20)24-25-19(8-10-31-25)32-13-33-24/h1-7,9-10,13H,8,11-12H2. The number of hydrogen-bond donors (Lipinski definition) is 0. The van der Waals surface area contributed by atoms with Gasteiger partial charge in [0.2, 0.25) is 0 Å². The van der Waals surface area contributed by atoms with Crippen LogP contribution in [0, 0.1) is 11.6 Å². The molecule has 182 valence electrons. The van der Waals surface area contributed by atoms with Crippen molar-refractivity contribution in [2.45, 2.75) is 23.5 Å². The molecule has 5 rings (SSSR count). The lowest BCUT2D eigenvalue weighted by molar-refractivity contribution is 0.550. The quantitative estimate of drug-likeness (QED) is 0.299. The molecule has 0 spiro atoms. The smallest absolute Gasteiger partial charge is 0.184 e. The second-order valence-electron chi connectivity index (χ2n) is 8.02. The highest BCUT2D eigenvalue weighted by molar-refractivity contribution is 7.90. The number of pyridine rings is 1. The molecule has 0 fully saturated rings. The van der Waals surface area contributed by atoms with Gasteiger partial charge in [0.25, 0.3) is 0 Å². The molecule has 0 amide bonds. The van der Waals surface area contributed by atoms with E-state index in [1.807, 2.05) is 0 Å². The maximum absolute atomic E-state index is 15.6. The first kappa shape index (κ1) is 24.4. The van der Waals surface area contributed by atoms with E-state index >= 15 is 4.39 Å². The Balaban J connectivity index is 1.53. The number of fused-ring (bicyclic) bond motifs is 1. The monoisotopic (exact) mass is 544 g/mol. The van der Waals surface area contributed by atoms with Crippen LogP contribution in [0.4, 0.5) is 14.5 Å². The largest absolute Gasteiger partial charge is 0.260 e. The highest BCUT2D eigenvalue weighted by Crippen LogP contribution is 2.36. The number of rotatable bonds is 6. The van der Waals surface area contributed by atoms with Crippen LogP contribution < -0.4 is 0 Å². The van der Waals surface area contributed by atoms with Gasteiger partial charge in [-0.3, -0.25) is 9.98 Å². The second-order valence-corrected chi connectivity index (χ2v) is 10.8. The fourth-order valence-electron chi connectivity index (χ4n) is 4.01. The Morgan fingerprint density at radius 3 is 2.64 bits per heavy atom. The summed E-state index contributed by atoms with van der Waals surface area (Å²) >= 11 is 12.0. The molecule has 0 atom stereocenters. The minimum Gasteiger partial charge on any atom is -0.260 e. The van der Waals surface area contributed by atoms with Gasteiger partial charge < -0.3 is 0 Å². The Morgan fingerprint density at radius 2 is 1.81 bits per heavy atom. The van der Waals surface area contributed by atoms with Crippen LogP contribution in [-0.4, -0.2) is 29.6 Å². The van der Waals surface area contributed by atoms with Gasteiger partial charge in [-0.2, -0.15) is 0 Å². The van der Waals surface area contributed by atoms with E-state index in [9.17, 15) is 12.8 Å². The molecular formula is C25H16Cl2F2N4O2S. The first-order chi connectivity index (χ1) is 17.3. The first-order valence-corrected chi connectivity index (χ1v) is 13.1. The number of halogens is 4. The lowest BCUT2D eigenvalue weighted by Gasteiger charge is -2.14. The van der Waals surface area contributed by atoms with Gasteiger partial charge in [0.1, 0.15) is 29.3 Å². The van der Waals surface area contributed by atoms with E-state index in [1.54, 1.807) is 18.3 Å². The molecule has 3 heterocycles. The van der Waals surface area contributed by atoms with Crippen molar-refractivity contribution >= 4 is 44.9 Å². The van der Waals surface area contributed by atoms with Gasteiger partial charge in [-0.25, -0.2) is 27.2 Å². The predicted molar refractivity (Wildman–Crippen MR) is 134 cm³/mol. The highest BCUT2D eigenvalue weighted by atomic mass is 35.5. The Morgan fingerprint density at radius 1 is 0.972 bits per heavy atom. The predicted octanol–water partition coefficient (Wildman–Crippen LogP) is 5.95. The van der Waals surface area contributed by atoms with Crippen LogP contribution in [0.5, 0.6) is 0 Å². The Labute approximate surface area is 215 Å². The van der Waals surface area contributed by atoms with Crippen LogP contribution >= 0.6 is 23.2 Å². The van der Waals surface area contributed by atoms with Crippen LogP contribution in [-0.2, 0) is 28.4 Å². The Kier molecular flexibility index (Phi) is 6.55. The summed E-state index contributed by atoms with van der Waals surface area (Å²) in [6.07, 6.45) is 4.97. The maximum atomic E-state index is 15.6. The molecule has 36 heavy (non-hydrogen) atoms. The van der Waals surface area contributed by atoms with Crippen molar-refractivity contribution in [2.75, 3.05) is 0 Å². The molecule has 0 aliphatic carbocycles. The van der Waals surface area contributed by atoms with Crippen molar-refractivity contribution in [3.05, 3.63) is 99.2 Å². The zero-order valence-electron chi connectivity index (χ0n) is 18.4. The van der Waals surface area contributed by atoms with Crippen molar-refractivity contribution in [3.8, 4) is 11.3 Å². The molecule has 0 saturated carbocycles. The van der Waals surface area contributed by atoms with E-state index < -0.39 is 27.2 Å². The third kappa shape index (κ3) is 4.50. The molecule has 0 radical (unpaired) electrons. The van der Waals surface area contributed by atoms with Gasteiger partial charge in [0.05, 0.1) is 32.1 Å². The molecule has 0 N–H and O–H groups in total. The average molecular weight is 545 g/mol. The highest BCUT2D eigenvalue weighted by Gasteiger charge is 2.25. The van der Waals surface area contributed by atoms with Gasteiger partial charge >= 0.3 is 0 Å². The Bertz CT molecular complexity index is 1650. The van der Waals surface area contributed by atoms with Crippen molar-refractivity contribution in [2.24, 2.45) is 4.99 Å². The van der Waals surface area contributed by atoms with Gasteiger partial charge in [-0.05, 0) is 30.3 Å². The third-order valence-corrected chi connectivity index (χ3v) is 8.39. The fraction of sp³-hybridized carbons (Fsp3) is 0.120. The summed E-state index contributed by atoms with van der Waals surface area (Å²) in [7, 11) is -4.08. The van der Waals surface area contributed by atoms with E-state index in [0.717, 1.165) is 17.8 Å². The van der Waals surface area contributed by atoms with Crippen molar-refractivity contribution < 1.29 is 17.2 Å². The second kappa shape index (κ2) is 9.65. The normalized spacial score (nSPS) is 12.7. The molecule has 1 aliphatic rings. The molecular weight excluding hydrogens is 529 g/mol. The van der Waals surface area contributed by atoms with Gasteiger partial charge in [-0.1, -0.05) is 35.3 Å². The topological polar surface area (TPSA) is 85.2 Å². The zero-order valence-corrected chi connectivity index (χ0v) is 20.7. The fourth-order valence-corrected chi connectivity index (χ4v) is 6.18. The maximum Gasteiger partial charge on any atom is 0.184 e. The minimum atomic E-state index is -4.08. The van der Waals surface area contributed by atoms with Crippen LogP contribution in [0.15, 0.2) is 64.9 Å². The number of aliphatic imine (C=N–C) groups is 1. The SMILES string of the molecule is O=S(=O)(Cc1ccc(F)c(Cc2ncccc2-c2ncnc3c2N=CC3)c1F)c1cccc(Cl)c1Cl. The number of aromatic nitrogens is 3. The van der Waals surface area contributed by atoms with E-state index in [1.165, 1.54) is 30.7 Å². The lowest BCUT2D eigenvalue weighted by atomic mass is 9.99. The summed E-state index contributed by atoms with van der Waals surface area (Å²) in [4.78, 5) is 17.0. The molecule has 4 aromatic rings. The summed E-state index contributed by atoms with van der Waals surface area (Å²) in [5.41, 5.74) is 2.24. The van der Waals surface area contributed by atoms with E-state index in [-0.39, 0.29) is 32.5 Å². The van der Waals surface area contributed by atoms with Gasteiger partial charge in [0.15, 0.2) is 9.84 Å². The van der Waals surface area contributed by atoms with E-state index in [0.29, 0.717) is 29.1 Å². The summed E-state index contributed by atoms with van der Waals surface area (Å²) in [6, 6.07) is 9.75. The number of nitrogens with zero attached hydrogens (tertiary/aromatic N) is 4. The average Bonchev–Trinajstić information content (AvgIpc) is 3.35. The minimum absolute atomic E-state index is 0.0567. The van der Waals surface area contributed by atoms with E-state index in [4.69, 9.17) is 23.2 Å². The van der Waals surface area contributed by atoms with Crippen molar-refractivity contribution in [1.82, 2.24) is 15.0 Å². The van der Waals surface area contributed by atoms with Crippen LogP contribution in [0.25, 0.3) is 11.3 Å². The number of benzene rings is 2. The Hall–Kier alpha value is -3.27. The molecule has 0 unspecified atom stereocenters. The molecule has 6 nitrogen and oxygen atoms in total. The molecule has 11 heteroatoms.